The first-order valence-corrected chi connectivity index (χ1v) is 5.14. The predicted molar refractivity (Wildman–Crippen MR) is 64.1 cm³/mol. The number of carboxylic acid groups (broad SMARTS) is 1. The van der Waals surface area contributed by atoms with Crippen LogP contribution in [-0.2, 0) is 6.54 Å². The fourth-order valence-electron chi connectivity index (χ4n) is 1.74. The number of carbonyl (C=O) groups is 1. The molecule has 0 bridgehead atoms. The molecule has 1 N–H and O–H groups in total. The predicted octanol–water partition coefficient (Wildman–Crippen LogP) is 3.18. The van der Waals surface area contributed by atoms with Crippen LogP contribution in [0.5, 0.6) is 0 Å². The second-order valence-corrected chi connectivity index (χ2v) is 3.87. The van der Waals surface area contributed by atoms with Crippen LogP contribution in [0.15, 0.2) is 36.9 Å². The molecule has 3 nitrogen and oxygen atoms in total. The van der Waals surface area contributed by atoms with Crippen molar-refractivity contribution in [2.24, 2.45) is 0 Å². The summed E-state index contributed by atoms with van der Waals surface area (Å²) >= 11 is 5.86. The van der Waals surface area contributed by atoms with Crippen molar-refractivity contribution in [3.8, 4) is 0 Å². The molecule has 0 fully saturated rings. The molecule has 1 aromatic carbocycles. The van der Waals surface area contributed by atoms with Gasteiger partial charge in [0, 0.05) is 22.5 Å². The zero-order chi connectivity index (χ0) is 11.7. The minimum Gasteiger partial charge on any atom is -0.477 e. The van der Waals surface area contributed by atoms with Gasteiger partial charge in [-0.05, 0) is 24.3 Å². The average molecular weight is 236 g/mol. The van der Waals surface area contributed by atoms with Gasteiger partial charge < -0.3 is 9.67 Å². The highest BCUT2D eigenvalue weighted by Gasteiger charge is 2.13. The Kier molecular flexibility index (Phi) is 2.71. The summed E-state index contributed by atoms with van der Waals surface area (Å²) in [4.78, 5) is 11.1. The molecule has 2 rings (SSSR count). The van der Waals surface area contributed by atoms with Crippen LogP contribution < -0.4 is 0 Å². The van der Waals surface area contributed by atoms with Crippen LogP contribution in [0.3, 0.4) is 0 Å². The van der Waals surface area contributed by atoms with Crippen molar-refractivity contribution < 1.29 is 9.90 Å². The van der Waals surface area contributed by atoms with Crippen molar-refractivity contribution in [3.05, 3.63) is 47.6 Å². The number of nitrogens with zero attached hydrogens (tertiary/aromatic N) is 1. The molecule has 0 spiro atoms. The first-order chi connectivity index (χ1) is 7.63. The van der Waals surface area contributed by atoms with Crippen molar-refractivity contribution in [1.29, 1.82) is 0 Å². The molecule has 1 aromatic heterocycles. The first kappa shape index (κ1) is 10.8. The lowest BCUT2D eigenvalue weighted by Crippen LogP contribution is -2.06. The fraction of sp³-hybridized carbons (Fsp3) is 0.0833. The third-order valence-corrected chi connectivity index (χ3v) is 2.63. The SMILES string of the molecule is C=CCn1c(C(=O)O)cc2cc(Cl)ccc21. The number of aromatic nitrogens is 1. The quantitative estimate of drug-likeness (QED) is 0.831. The van der Waals surface area contributed by atoms with E-state index in [9.17, 15) is 4.79 Å². The Balaban J connectivity index is 2.74. The minimum atomic E-state index is -0.950. The maximum absolute atomic E-state index is 11.1. The van der Waals surface area contributed by atoms with E-state index in [4.69, 9.17) is 16.7 Å². The lowest BCUT2D eigenvalue weighted by Gasteiger charge is -2.04. The topological polar surface area (TPSA) is 42.2 Å². The van der Waals surface area contributed by atoms with E-state index in [2.05, 4.69) is 6.58 Å². The highest BCUT2D eigenvalue weighted by molar-refractivity contribution is 6.31. The third-order valence-electron chi connectivity index (χ3n) is 2.39. The van der Waals surface area contributed by atoms with E-state index in [1.54, 1.807) is 28.8 Å². The number of hydrogen-bond donors (Lipinski definition) is 1. The van der Waals surface area contributed by atoms with Crippen LogP contribution >= 0.6 is 11.6 Å². The van der Waals surface area contributed by atoms with Crippen LogP contribution in [0.2, 0.25) is 5.02 Å². The number of aromatic carboxylic acids is 1. The van der Waals surface area contributed by atoms with Gasteiger partial charge in [0.25, 0.3) is 0 Å². The van der Waals surface area contributed by atoms with E-state index in [1.165, 1.54) is 0 Å². The molecule has 0 aliphatic heterocycles. The molecule has 0 saturated heterocycles. The fourth-order valence-corrected chi connectivity index (χ4v) is 1.93. The smallest absolute Gasteiger partial charge is 0.352 e. The average Bonchev–Trinajstić information content (AvgIpc) is 2.57. The minimum absolute atomic E-state index is 0.247. The molecular formula is C12H10ClNO2. The Hall–Kier alpha value is -1.74. The van der Waals surface area contributed by atoms with Gasteiger partial charge in [0.15, 0.2) is 0 Å². The van der Waals surface area contributed by atoms with E-state index in [0.717, 1.165) is 10.9 Å². The van der Waals surface area contributed by atoms with Crippen molar-refractivity contribution in [3.63, 3.8) is 0 Å². The molecule has 0 aliphatic carbocycles. The van der Waals surface area contributed by atoms with E-state index in [1.807, 2.05) is 6.07 Å². The van der Waals surface area contributed by atoms with Gasteiger partial charge in [-0.15, -0.1) is 6.58 Å². The van der Waals surface area contributed by atoms with E-state index in [0.29, 0.717) is 11.6 Å². The summed E-state index contributed by atoms with van der Waals surface area (Å²) in [7, 11) is 0. The molecule has 82 valence electrons. The number of halogens is 1. The summed E-state index contributed by atoms with van der Waals surface area (Å²) < 4.78 is 1.70. The molecule has 4 heteroatoms. The lowest BCUT2D eigenvalue weighted by atomic mass is 10.2. The largest absolute Gasteiger partial charge is 0.477 e. The van der Waals surface area contributed by atoms with Gasteiger partial charge in [0.1, 0.15) is 5.69 Å². The molecule has 0 unspecified atom stereocenters. The van der Waals surface area contributed by atoms with Crippen LogP contribution in [0.25, 0.3) is 10.9 Å². The molecule has 0 aliphatic rings. The second kappa shape index (κ2) is 4.02. The zero-order valence-electron chi connectivity index (χ0n) is 8.48. The molecular weight excluding hydrogens is 226 g/mol. The monoisotopic (exact) mass is 235 g/mol. The number of hydrogen-bond acceptors (Lipinski definition) is 1. The zero-order valence-corrected chi connectivity index (χ0v) is 9.24. The van der Waals surface area contributed by atoms with Crippen LogP contribution in [0.1, 0.15) is 10.5 Å². The number of carboxylic acids is 1. The molecule has 0 amide bonds. The number of fused-ring (bicyclic) bond motifs is 1. The molecule has 0 atom stereocenters. The molecule has 16 heavy (non-hydrogen) atoms. The standard InChI is InChI=1S/C12H10ClNO2/c1-2-5-14-10-4-3-9(13)6-8(10)7-11(14)12(15)16/h2-4,6-7H,1,5H2,(H,15,16). The Morgan fingerprint density at radius 1 is 1.50 bits per heavy atom. The Labute approximate surface area is 97.6 Å². The molecule has 2 aromatic rings. The van der Waals surface area contributed by atoms with Gasteiger partial charge in [0.2, 0.25) is 0 Å². The Morgan fingerprint density at radius 3 is 2.88 bits per heavy atom. The summed E-state index contributed by atoms with van der Waals surface area (Å²) in [6.45, 7) is 4.09. The van der Waals surface area contributed by atoms with Crippen LogP contribution in [0.4, 0.5) is 0 Å². The van der Waals surface area contributed by atoms with Gasteiger partial charge >= 0.3 is 5.97 Å². The number of benzene rings is 1. The van der Waals surface area contributed by atoms with Gasteiger partial charge in [-0.25, -0.2) is 4.79 Å². The Bertz CT molecular complexity index is 572. The van der Waals surface area contributed by atoms with Crippen molar-refractivity contribution >= 4 is 28.5 Å². The summed E-state index contributed by atoms with van der Waals surface area (Å²) in [5.74, 6) is -0.950. The Morgan fingerprint density at radius 2 is 2.25 bits per heavy atom. The van der Waals surface area contributed by atoms with Crippen LogP contribution in [-0.4, -0.2) is 15.6 Å². The maximum atomic E-state index is 11.1. The normalized spacial score (nSPS) is 10.6. The van der Waals surface area contributed by atoms with E-state index >= 15 is 0 Å². The summed E-state index contributed by atoms with van der Waals surface area (Å²) in [6, 6.07) is 6.93. The maximum Gasteiger partial charge on any atom is 0.352 e. The van der Waals surface area contributed by atoms with Crippen LogP contribution in [0, 0.1) is 0 Å². The van der Waals surface area contributed by atoms with E-state index < -0.39 is 5.97 Å². The number of rotatable bonds is 3. The van der Waals surface area contributed by atoms with Crippen molar-refractivity contribution in [2.45, 2.75) is 6.54 Å². The lowest BCUT2D eigenvalue weighted by molar-refractivity contribution is 0.0686. The second-order valence-electron chi connectivity index (χ2n) is 3.44. The van der Waals surface area contributed by atoms with Gasteiger partial charge in [-0.2, -0.15) is 0 Å². The highest BCUT2D eigenvalue weighted by atomic mass is 35.5. The van der Waals surface area contributed by atoms with Gasteiger partial charge in [-0.1, -0.05) is 17.7 Å². The molecule has 0 radical (unpaired) electrons. The summed E-state index contributed by atoms with van der Waals surface area (Å²) in [5, 5.41) is 10.5. The number of allylic oxidation sites excluding steroid dienone is 1. The van der Waals surface area contributed by atoms with Crippen molar-refractivity contribution in [2.75, 3.05) is 0 Å². The summed E-state index contributed by atoms with van der Waals surface area (Å²) in [6.07, 6.45) is 1.67. The van der Waals surface area contributed by atoms with Gasteiger partial charge in [-0.3, -0.25) is 0 Å². The van der Waals surface area contributed by atoms with Crippen molar-refractivity contribution in [1.82, 2.24) is 4.57 Å². The summed E-state index contributed by atoms with van der Waals surface area (Å²) in [5.41, 5.74) is 1.10. The molecule has 0 saturated carbocycles. The van der Waals surface area contributed by atoms with E-state index in [-0.39, 0.29) is 5.69 Å². The molecule has 1 heterocycles. The van der Waals surface area contributed by atoms with Gasteiger partial charge in [0.05, 0.1) is 0 Å². The first-order valence-electron chi connectivity index (χ1n) is 4.76. The highest BCUT2D eigenvalue weighted by Crippen LogP contribution is 2.23. The third kappa shape index (κ3) is 1.70.